The van der Waals surface area contributed by atoms with Gasteiger partial charge >= 0.3 is 0 Å². The first-order valence-corrected chi connectivity index (χ1v) is 8.01. The van der Waals surface area contributed by atoms with Crippen molar-refractivity contribution in [3.63, 3.8) is 0 Å². The van der Waals surface area contributed by atoms with Gasteiger partial charge in [-0.15, -0.1) is 0 Å². The van der Waals surface area contributed by atoms with E-state index in [1.165, 1.54) is 6.33 Å². The third-order valence-corrected chi connectivity index (χ3v) is 3.97. The Morgan fingerprint density at radius 2 is 2.04 bits per heavy atom. The van der Waals surface area contributed by atoms with Crippen molar-refractivity contribution in [3.8, 4) is 0 Å². The zero-order chi connectivity index (χ0) is 16.9. The van der Waals surface area contributed by atoms with Gasteiger partial charge in [-0.2, -0.15) is 5.10 Å². The molecular formula is C17H14Cl2N4O. The zero-order valence-corrected chi connectivity index (χ0v) is 14.1. The highest BCUT2D eigenvalue weighted by atomic mass is 35.5. The maximum Gasteiger partial charge on any atom is 0.228 e. The van der Waals surface area contributed by atoms with Crippen LogP contribution in [0, 0.1) is 0 Å². The minimum absolute atomic E-state index is 0.142. The number of hydrogen-bond acceptors (Lipinski definition) is 3. The van der Waals surface area contributed by atoms with E-state index < -0.39 is 0 Å². The van der Waals surface area contributed by atoms with Crippen LogP contribution in [0.15, 0.2) is 55.1 Å². The molecule has 5 nitrogen and oxygen atoms in total. The highest BCUT2D eigenvalue weighted by Gasteiger charge is 2.08. The molecule has 2 aromatic carbocycles. The topological polar surface area (TPSA) is 59.8 Å². The van der Waals surface area contributed by atoms with Gasteiger partial charge in [-0.25, -0.2) is 9.67 Å². The van der Waals surface area contributed by atoms with Crippen molar-refractivity contribution in [3.05, 3.63) is 76.3 Å². The van der Waals surface area contributed by atoms with E-state index in [0.717, 1.165) is 16.8 Å². The summed E-state index contributed by atoms with van der Waals surface area (Å²) < 4.78 is 1.72. The van der Waals surface area contributed by atoms with Gasteiger partial charge in [-0.3, -0.25) is 4.79 Å². The molecule has 1 amide bonds. The van der Waals surface area contributed by atoms with Crippen molar-refractivity contribution in [1.82, 2.24) is 14.8 Å². The maximum absolute atomic E-state index is 12.2. The van der Waals surface area contributed by atoms with E-state index in [0.29, 0.717) is 16.6 Å². The van der Waals surface area contributed by atoms with Crippen molar-refractivity contribution in [2.45, 2.75) is 13.0 Å². The normalized spacial score (nSPS) is 10.6. The van der Waals surface area contributed by atoms with Crippen molar-refractivity contribution in [1.29, 1.82) is 0 Å². The summed E-state index contributed by atoms with van der Waals surface area (Å²) in [4.78, 5) is 16.1. The summed E-state index contributed by atoms with van der Waals surface area (Å²) in [5.74, 6) is -0.142. The standard InChI is InChI=1S/C17H14Cl2N4O/c18-14-5-4-13(16(19)8-14)7-17(24)22-15-3-1-2-12(6-15)9-23-11-20-10-21-23/h1-6,8,10-11H,7,9H2,(H,22,24). The minimum Gasteiger partial charge on any atom is -0.326 e. The van der Waals surface area contributed by atoms with Crippen LogP contribution in [0.3, 0.4) is 0 Å². The van der Waals surface area contributed by atoms with Gasteiger partial charge in [0.1, 0.15) is 12.7 Å². The quantitative estimate of drug-likeness (QED) is 0.752. The molecule has 0 aliphatic heterocycles. The van der Waals surface area contributed by atoms with E-state index in [-0.39, 0.29) is 12.3 Å². The van der Waals surface area contributed by atoms with Gasteiger partial charge < -0.3 is 5.32 Å². The molecule has 1 N–H and O–H groups in total. The number of hydrogen-bond donors (Lipinski definition) is 1. The number of carbonyl (C=O) groups excluding carboxylic acids is 1. The largest absolute Gasteiger partial charge is 0.326 e. The van der Waals surface area contributed by atoms with Crippen LogP contribution >= 0.6 is 23.2 Å². The number of nitrogens with zero attached hydrogens (tertiary/aromatic N) is 3. The molecule has 3 rings (SSSR count). The van der Waals surface area contributed by atoms with Gasteiger partial charge in [0.05, 0.1) is 13.0 Å². The minimum atomic E-state index is -0.142. The number of amides is 1. The molecule has 0 aliphatic carbocycles. The molecule has 0 saturated carbocycles. The molecule has 0 saturated heterocycles. The molecule has 7 heteroatoms. The Morgan fingerprint density at radius 3 is 2.79 bits per heavy atom. The van der Waals surface area contributed by atoms with Crippen LogP contribution in [0.4, 0.5) is 5.69 Å². The Hall–Kier alpha value is -2.37. The third-order valence-electron chi connectivity index (χ3n) is 3.39. The molecule has 24 heavy (non-hydrogen) atoms. The summed E-state index contributed by atoms with van der Waals surface area (Å²) in [6, 6.07) is 12.7. The summed E-state index contributed by atoms with van der Waals surface area (Å²) in [5.41, 5.74) is 2.47. The summed E-state index contributed by atoms with van der Waals surface area (Å²) in [6.45, 7) is 0.590. The lowest BCUT2D eigenvalue weighted by molar-refractivity contribution is -0.115. The van der Waals surface area contributed by atoms with Crippen LogP contribution in [-0.2, 0) is 17.8 Å². The fourth-order valence-electron chi connectivity index (χ4n) is 2.29. The molecule has 0 unspecified atom stereocenters. The predicted octanol–water partition coefficient (Wildman–Crippen LogP) is 3.81. The Morgan fingerprint density at radius 1 is 1.17 bits per heavy atom. The second kappa shape index (κ2) is 7.47. The fourth-order valence-corrected chi connectivity index (χ4v) is 2.77. The smallest absolute Gasteiger partial charge is 0.228 e. The van der Waals surface area contributed by atoms with Crippen molar-refractivity contribution in [2.24, 2.45) is 0 Å². The highest BCUT2D eigenvalue weighted by molar-refractivity contribution is 6.35. The van der Waals surface area contributed by atoms with Gasteiger partial charge in [0.2, 0.25) is 5.91 Å². The van der Waals surface area contributed by atoms with Crippen LogP contribution < -0.4 is 5.32 Å². The van der Waals surface area contributed by atoms with Gasteiger partial charge in [0, 0.05) is 15.7 Å². The molecule has 0 aliphatic rings. The lowest BCUT2D eigenvalue weighted by atomic mass is 10.1. The molecule has 122 valence electrons. The van der Waals surface area contributed by atoms with E-state index in [2.05, 4.69) is 15.4 Å². The van der Waals surface area contributed by atoms with Crippen molar-refractivity contribution in [2.75, 3.05) is 5.32 Å². The van der Waals surface area contributed by atoms with E-state index in [9.17, 15) is 4.79 Å². The second-order valence-corrected chi connectivity index (χ2v) is 6.10. The average molecular weight is 361 g/mol. The fraction of sp³-hybridized carbons (Fsp3) is 0.118. The van der Waals surface area contributed by atoms with E-state index in [1.54, 1.807) is 29.2 Å². The molecule has 0 bridgehead atoms. The van der Waals surface area contributed by atoms with E-state index >= 15 is 0 Å². The summed E-state index contributed by atoms with van der Waals surface area (Å²) in [5, 5.41) is 7.97. The second-order valence-electron chi connectivity index (χ2n) is 5.25. The number of rotatable bonds is 5. The number of aromatic nitrogens is 3. The van der Waals surface area contributed by atoms with E-state index in [4.69, 9.17) is 23.2 Å². The van der Waals surface area contributed by atoms with Crippen molar-refractivity contribution >= 4 is 34.8 Å². The first-order valence-electron chi connectivity index (χ1n) is 7.25. The van der Waals surface area contributed by atoms with Crippen LogP contribution in [-0.4, -0.2) is 20.7 Å². The molecule has 0 spiro atoms. The van der Waals surface area contributed by atoms with Crippen LogP contribution in [0.1, 0.15) is 11.1 Å². The number of benzene rings is 2. The van der Waals surface area contributed by atoms with Crippen LogP contribution in [0.25, 0.3) is 0 Å². The number of halogens is 2. The molecule has 1 heterocycles. The number of anilines is 1. The summed E-state index contributed by atoms with van der Waals surface area (Å²) >= 11 is 12.0. The molecule has 0 fully saturated rings. The van der Waals surface area contributed by atoms with Gasteiger partial charge in [0.15, 0.2) is 0 Å². The molecule has 3 aromatic rings. The predicted molar refractivity (Wildman–Crippen MR) is 94.4 cm³/mol. The highest BCUT2D eigenvalue weighted by Crippen LogP contribution is 2.22. The molecular weight excluding hydrogens is 347 g/mol. The van der Waals surface area contributed by atoms with Gasteiger partial charge in [0.25, 0.3) is 0 Å². The van der Waals surface area contributed by atoms with Gasteiger partial charge in [-0.1, -0.05) is 41.4 Å². The maximum atomic E-state index is 12.2. The lowest BCUT2D eigenvalue weighted by Crippen LogP contribution is -2.15. The summed E-state index contributed by atoms with van der Waals surface area (Å²) in [7, 11) is 0. The van der Waals surface area contributed by atoms with E-state index in [1.807, 2.05) is 24.3 Å². The summed E-state index contributed by atoms with van der Waals surface area (Å²) in [6.07, 6.45) is 3.32. The monoisotopic (exact) mass is 360 g/mol. The lowest BCUT2D eigenvalue weighted by Gasteiger charge is -2.09. The Bertz CT molecular complexity index is 850. The first-order chi connectivity index (χ1) is 11.6. The average Bonchev–Trinajstić information content (AvgIpc) is 3.03. The van der Waals surface area contributed by atoms with Crippen molar-refractivity contribution < 1.29 is 4.79 Å². The number of carbonyl (C=O) groups is 1. The molecule has 0 atom stereocenters. The van der Waals surface area contributed by atoms with Crippen LogP contribution in [0.2, 0.25) is 10.0 Å². The Kier molecular flexibility index (Phi) is 5.13. The molecule has 0 radical (unpaired) electrons. The third kappa shape index (κ3) is 4.34. The van der Waals surface area contributed by atoms with Gasteiger partial charge in [-0.05, 0) is 35.4 Å². The SMILES string of the molecule is O=C(Cc1ccc(Cl)cc1Cl)Nc1cccc(Cn2cncn2)c1. The Labute approximate surface area is 149 Å². The Balaban J connectivity index is 1.65. The van der Waals surface area contributed by atoms with Crippen LogP contribution in [0.5, 0.6) is 0 Å². The first kappa shape index (κ1) is 16.5. The molecule has 1 aromatic heterocycles. The number of nitrogens with one attached hydrogen (secondary N) is 1. The zero-order valence-electron chi connectivity index (χ0n) is 12.6.